The molecule has 0 unspecified atom stereocenters. The van der Waals surface area contributed by atoms with Crippen LogP contribution in [0.15, 0.2) is 35.5 Å². The molecule has 0 N–H and O–H groups in total. The summed E-state index contributed by atoms with van der Waals surface area (Å²) < 4.78 is 0. The SMILES string of the molecule is CC1=CCC[C@]2(C)[C@]1(C)CC[C@H](C)[C@@]2(C)CC1=CC(=O)C=CC1=O. The van der Waals surface area contributed by atoms with Gasteiger partial charge in [0.05, 0.1) is 0 Å². The monoisotopic (exact) mass is 326 g/mol. The fourth-order valence-corrected chi connectivity index (χ4v) is 5.73. The second-order valence-electron chi connectivity index (χ2n) is 8.89. The molecule has 0 bridgehead atoms. The molecule has 1 saturated carbocycles. The first-order valence-electron chi connectivity index (χ1n) is 9.28. The molecule has 3 aliphatic rings. The van der Waals surface area contributed by atoms with Crippen molar-refractivity contribution in [1.82, 2.24) is 0 Å². The molecule has 3 aliphatic carbocycles. The summed E-state index contributed by atoms with van der Waals surface area (Å²) >= 11 is 0. The third-order valence-electron chi connectivity index (χ3n) is 8.20. The Morgan fingerprint density at radius 3 is 2.54 bits per heavy atom. The molecule has 0 aromatic rings. The standard InChI is InChI=1S/C22H30O2/c1-15-7-6-11-22(5)20(15,3)12-10-16(2)21(22,4)14-17-13-18(23)8-9-19(17)24/h7-9,13,16H,6,10-12,14H2,1-5H3/t16-,20+,21+,22+/m0/s1. The number of rotatable bonds is 2. The molecule has 1 fully saturated rings. The second-order valence-corrected chi connectivity index (χ2v) is 8.89. The van der Waals surface area contributed by atoms with Gasteiger partial charge in [-0.05, 0) is 79.4 Å². The van der Waals surface area contributed by atoms with Crippen molar-refractivity contribution in [1.29, 1.82) is 0 Å². The molecular formula is C22H30O2. The zero-order valence-electron chi connectivity index (χ0n) is 15.7. The highest BCUT2D eigenvalue weighted by molar-refractivity contribution is 6.17. The van der Waals surface area contributed by atoms with E-state index in [1.165, 1.54) is 30.6 Å². The van der Waals surface area contributed by atoms with E-state index < -0.39 is 0 Å². The number of carbonyl (C=O) groups excluding carboxylic acids is 2. The molecule has 2 nitrogen and oxygen atoms in total. The summed E-state index contributed by atoms with van der Waals surface area (Å²) in [5.41, 5.74) is 2.55. The molecule has 0 spiro atoms. The van der Waals surface area contributed by atoms with Crippen LogP contribution in [0.5, 0.6) is 0 Å². The van der Waals surface area contributed by atoms with Crippen LogP contribution in [0.1, 0.15) is 66.7 Å². The third kappa shape index (κ3) is 2.22. The number of allylic oxidation sites excluding steroid dienone is 6. The highest BCUT2D eigenvalue weighted by Crippen LogP contribution is 2.69. The first-order valence-corrected chi connectivity index (χ1v) is 9.28. The lowest BCUT2D eigenvalue weighted by Crippen LogP contribution is -2.57. The van der Waals surface area contributed by atoms with Gasteiger partial charge in [-0.3, -0.25) is 9.59 Å². The maximum atomic E-state index is 12.4. The summed E-state index contributed by atoms with van der Waals surface area (Å²) in [5.74, 6) is 0.502. The van der Waals surface area contributed by atoms with Gasteiger partial charge in [-0.2, -0.15) is 0 Å². The molecule has 0 saturated heterocycles. The normalized spacial score (nSPS) is 42.5. The van der Waals surface area contributed by atoms with E-state index in [4.69, 9.17) is 0 Å². The van der Waals surface area contributed by atoms with E-state index in [2.05, 4.69) is 40.7 Å². The van der Waals surface area contributed by atoms with E-state index in [0.717, 1.165) is 12.8 Å². The van der Waals surface area contributed by atoms with Crippen molar-refractivity contribution in [3.8, 4) is 0 Å². The van der Waals surface area contributed by atoms with Gasteiger partial charge in [-0.1, -0.05) is 39.3 Å². The van der Waals surface area contributed by atoms with Crippen LogP contribution in [0, 0.1) is 22.2 Å². The van der Waals surface area contributed by atoms with Gasteiger partial charge in [-0.25, -0.2) is 0 Å². The first kappa shape index (κ1) is 17.4. The minimum Gasteiger partial charge on any atom is -0.290 e. The van der Waals surface area contributed by atoms with Gasteiger partial charge in [0.2, 0.25) is 0 Å². The zero-order chi connectivity index (χ0) is 17.8. The van der Waals surface area contributed by atoms with Crippen molar-refractivity contribution >= 4 is 11.6 Å². The predicted molar refractivity (Wildman–Crippen MR) is 97.6 cm³/mol. The van der Waals surface area contributed by atoms with E-state index in [1.54, 1.807) is 6.08 Å². The summed E-state index contributed by atoms with van der Waals surface area (Å²) in [5, 5.41) is 0. The molecular weight excluding hydrogens is 296 g/mol. The Labute approximate surface area is 146 Å². The highest BCUT2D eigenvalue weighted by Gasteiger charge is 2.61. The summed E-state index contributed by atoms with van der Waals surface area (Å²) in [6.45, 7) is 11.8. The third-order valence-corrected chi connectivity index (χ3v) is 8.20. The van der Waals surface area contributed by atoms with Gasteiger partial charge in [0.25, 0.3) is 0 Å². The summed E-state index contributed by atoms with van der Waals surface area (Å²) in [4.78, 5) is 24.2. The Morgan fingerprint density at radius 1 is 1.12 bits per heavy atom. The van der Waals surface area contributed by atoms with Gasteiger partial charge in [0.15, 0.2) is 11.6 Å². The van der Waals surface area contributed by atoms with Gasteiger partial charge >= 0.3 is 0 Å². The molecule has 4 atom stereocenters. The van der Waals surface area contributed by atoms with E-state index in [-0.39, 0.29) is 27.8 Å². The minimum atomic E-state index is -0.0516. The maximum Gasteiger partial charge on any atom is 0.182 e. The first-order chi connectivity index (χ1) is 11.1. The average molecular weight is 326 g/mol. The Kier molecular flexibility index (Phi) is 4.01. The van der Waals surface area contributed by atoms with Crippen LogP contribution < -0.4 is 0 Å². The molecule has 0 aromatic heterocycles. The lowest BCUT2D eigenvalue weighted by atomic mass is 9.39. The highest BCUT2D eigenvalue weighted by atomic mass is 16.1. The van der Waals surface area contributed by atoms with Crippen molar-refractivity contribution in [3.05, 3.63) is 35.5 Å². The molecule has 0 aromatic carbocycles. The van der Waals surface area contributed by atoms with Gasteiger partial charge in [0.1, 0.15) is 0 Å². The van der Waals surface area contributed by atoms with Crippen LogP contribution in [0.4, 0.5) is 0 Å². The lowest BCUT2D eigenvalue weighted by Gasteiger charge is -2.65. The smallest absolute Gasteiger partial charge is 0.182 e. The molecule has 130 valence electrons. The number of ketones is 2. The molecule has 24 heavy (non-hydrogen) atoms. The van der Waals surface area contributed by atoms with Crippen LogP contribution in [-0.4, -0.2) is 11.6 Å². The van der Waals surface area contributed by atoms with Crippen molar-refractivity contribution in [2.75, 3.05) is 0 Å². The van der Waals surface area contributed by atoms with E-state index in [9.17, 15) is 9.59 Å². The Morgan fingerprint density at radius 2 is 1.83 bits per heavy atom. The largest absolute Gasteiger partial charge is 0.290 e. The number of hydrogen-bond donors (Lipinski definition) is 0. The van der Waals surface area contributed by atoms with Crippen LogP contribution in [0.3, 0.4) is 0 Å². The summed E-state index contributed by atoms with van der Waals surface area (Å²) in [7, 11) is 0. The lowest BCUT2D eigenvalue weighted by molar-refractivity contribution is -0.128. The van der Waals surface area contributed by atoms with Crippen LogP contribution in [-0.2, 0) is 9.59 Å². The Bertz CT molecular complexity index is 680. The van der Waals surface area contributed by atoms with E-state index in [1.807, 2.05) is 0 Å². The Balaban J connectivity index is 2.05. The van der Waals surface area contributed by atoms with Crippen molar-refractivity contribution in [3.63, 3.8) is 0 Å². The summed E-state index contributed by atoms with van der Waals surface area (Å²) in [6.07, 6.45) is 12.2. The average Bonchev–Trinajstić information content (AvgIpc) is 2.52. The topological polar surface area (TPSA) is 34.1 Å². The molecule has 2 heteroatoms. The quantitative estimate of drug-likeness (QED) is 0.516. The number of carbonyl (C=O) groups is 2. The molecule has 0 aliphatic heterocycles. The van der Waals surface area contributed by atoms with Crippen molar-refractivity contribution < 1.29 is 9.59 Å². The van der Waals surface area contributed by atoms with Crippen molar-refractivity contribution in [2.24, 2.45) is 22.2 Å². The van der Waals surface area contributed by atoms with Gasteiger partial charge < -0.3 is 0 Å². The maximum absolute atomic E-state index is 12.4. The predicted octanol–water partition coefficient (Wildman–Crippen LogP) is 5.20. The molecule has 0 heterocycles. The minimum absolute atomic E-state index is 0.0157. The molecule has 0 amide bonds. The fourth-order valence-electron chi connectivity index (χ4n) is 5.73. The number of hydrogen-bond acceptors (Lipinski definition) is 2. The number of fused-ring (bicyclic) bond motifs is 1. The van der Waals surface area contributed by atoms with Crippen LogP contribution in [0.25, 0.3) is 0 Å². The zero-order valence-corrected chi connectivity index (χ0v) is 15.7. The fraction of sp³-hybridized carbons (Fsp3) is 0.636. The van der Waals surface area contributed by atoms with E-state index in [0.29, 0.717) is 17.9 Å². The van der Waals surface area contributed by atoms with Crippen LogP contribution >= 0.6 is 0 Å². The van der Waals surface area contributed by atoms with Gasteiger partial charge in [-0.15, -0.1) is 0 Å². The molecule has 0 radical (unpaired) electrons. The van der Waals surface area contributed by atoms with E-state index >= 15 is 0 Å². The van der Waals surface area contributed by atoms with Crippen LogP contribution in [0.2, 0.25) is 0 Å². The summed E-state index contributed by atoms with van der Waals surface area (Å²) in [6, 6.07) is 0. The Hall–Kier alpha value is -1.44. The van der Waals surface area contributed by atoms with Crippen molar-refractivity contribution in [2.45, 2.75) is 66.7 Å². The second kappa shape index (κ2) is 5.54. The van der Waals surface area contributed by atoms with Gasteiger partial charge in [0, 0.05) is 5.57 Å². The molecule has 3 rings (SSSR count).